The highest BCUT2D eigenvalue weighted by Crippen LogP contribution is 2.17. The van der Waals surface area contributed by atoms with Crippen LogP contribution in [0, 0.1) is 5.92 Å². The van der Waals surface area contributed by atoms with E-state index in [1.165, 1.54) is 45.2 Å². The van der Waals surface area contributed by atoms with Crippen molar-refractivity contribution in [3.63, 3.8) is 0 Å². The number of likely N-dealkylation sites (N-methyl/N-ethyl adjacent to an activating group) is 1. The lowest BCUT2D eigenvalue weighted by Gasteiger charge is -2.31. The van der Waals surface area contributed by atoms with Gasteiger partial charge in [-0.3, -0.25) is 4.90 Å². The summed E-state index contributed by atoms with van der Waals surface area (Å²) < 4.78 is 0. The first-order chi connectivity index (χ1) is 8.17. The number of rotatable bonds is 8. The molecule has 2 heteroatoms. The van der Waals surface area contributed by atoms with Crippen molar-refractivity contribution in [3.05, 3.63) is 0 Å². The SMILES string of the molecule is CCC(C)CN(CC)C(C)CNC1CCCC1. The standard InChI is InChI=1S/C15H32N2/c1-5-13(3)12-17(6-2)14(4)11-16-15-9-7-8-10-15/h13-16H,5-12H2,1-4H3. The van der Waals surface area contributed by atoms with Crippen LogP contribution in [0.1, 0.15) is 59.8 Å². The highest BCUT2D eigenvalue weighted by Gasteiger charge is 2.18. The number of hydrogen-bond acceptors (Lipinski definition) is 2. The van der Waals surface area contributed by atoms with Crippen molar-refractivity contribution in [2.24, 2.45) is 5.92 Å². The minimum atomic E-state index is 0.676. The molecule has 102 valence electrons. The first kappa shape index (κ1) is 15.0. The Morgan fingerprint density at radius 1 is 1.18 bits per heavy atom. The third kappa shape index (κ3) is 5.39. The Morgan fingerprint density at radius 2 is 1.82 bits per heavy atom. The molecule has 1 fully saturated rings. The Kier molecular flexibility index (Phi) is 7.14. The van der Waals surface area contributed by atoms with Crippen molar-refractivity contribution in [3.8, 4) is 0 Å². The van der Waals surface area contributed by atoms with Crippen LogP contribution in [0.5, 0.6) is 0 Å². The molecule has 0 amide bonds. The van der Waals surface area contributed by atoms with Gasteiger partial charge in [0.15, 0.2) is 0 Å². The smallest absolute Gasteiger partial charge is 0.0192 e. The predicted molar refractivity (Wildman–Crippen MR) is 76.4 cm³/mol. The topological polar surface area (TPSA) is 15.3 Å². The molecule has 0 bridgehead atoms. The Balaban J connectivity index is 2.24. The molecule has 0 aromatic heterocycles. The van der Waals surface area contributed by atoms with Gasteiger partial charge in [0.1, 0.15) is 0 Å². The first-order valence-corrected chi connectivity index (χ1v) is 7.64. The quantitative estimate of drug-likeness (QED) is 0.700. The third-order valence-corrected chi connectivity index (χ3v) is 4.33. The zero-order valence-electron chi connectivity index (χ0n) is 12.3. The zero-order valence-corrected chi connectivity index (χ0v) is 12.3. The lowest BCUT2D eigenvalue weighted by Crippen LogP contribution is -2.44. The van der Waals surface area contributed by atoms with E-state index in [4.69, 9.17) is 0 Å². The zero-order chi connectivity index (χ0) is 12.7. The van der Waals surface area contributed by atoms with Gasteiger partial charge in [-0.05, 0) is 32.2 Å². The summed E-state index contributed by atoms with van der Waals surface area (Å²) in [4.78, 5) is 2.62. The molecule has 2 nitrogen and oxygen atoms in total. The summed E-state index contributed by atoms with van der Waals surface area (Å²) in [6.45, 7) is 12.9. The maximum absolute atomic E-state index is 3.75. The maximum Gasteiger partial charge on any atom is 0.0192 e. The first-order valence-electron chi connectivity index (χ1n) is 7.64. The summed E-state index contributed by atoms with van der Waals surface area (Å²) in [5.74, 6) is 0.823. The average molecular weight is 240 g/mol. The second-order valence-corrected chi connectivity index (χ2v) is 5.84. The Hall–Kier alpha value is -0.0800. The highest BCUT2D eigenvalue weighted by molar-refractivity contribution is 4.77. The van der Waals surface area contributed by atoms with Crippen LogP contribution in [0.15, 0.2) is 0 Å². The fraction of sp³-hybridized carbons (Fsp3) is 1.00. The van der Waals surface area contributed by atoms with Gasteiger partial charge in [-0.2, -0.15) is 0 Å². The van der Waals surface area contributed by atoms with Crippen LogP contribution in [-0.4, -0.2) is 36.6 Å². The van der Waals surface area contributed by atoms with E-state index in [1.807, 2.05) is 0 Å². The maximum atomic E-state index is 3.75. The molecule has 0 aliphatic heterocycles. The van der Waals surface area contributed by atoms with Crippen LogP contribution < -0.4 is 5.32 Å². The van der Waals surface area contributed by atoms with Gasteiger partial charge in [0, 0.05) is 25.2 Å². The summed E-state index contributed by atoms with van der Waals surface area (Å²) in [6, 6.07) is 1.48. The molecule has 2 unspecified atom stereocenters. The minimum absolute atomic E-state index is 0.676. The van der Waals surface area contributed by atoms with Crippen LogP contribution in [0.4, 0.5) is 0 Å². The van der Waals surface area contributed by atoms with E-state index >= 15 is 0 Å². The minimum Gasteiger partial charge on any atom is -0.312 e. The number of nitrogens with one attached hydrogen (secondary N) is 1. The van der Waals surface area contributed by atoms with Crippen LogP contribution in [0.2, 0.25) is 0 Å². The van der Waals surface area contributed by atoms with Crippen LogP contribution in [-0.2, 0) is 0 Å². The Labute approximate surface area is 108 Å². The van der Waals surface area contributed by atoms with Gasteiger partial charge in [-0.15, -0.1) is 0 Å². The summed E-state index contributed by atoms with van der Waals surface area (Å²) in [7, 11) is 0. The second-order valence-electron chi connectivity index (χ2n) is 5.84. The van der Waals surface area contributed by atoms with Crippen LogP contribution in [0.3, 0.4) is 0 Å². The van der Waals surface area contributed by atoms with Crippen molar-refractivity contribution in [2.45, 2.75) is 71.9 Å². The molecule has 1 aliphatic carbocycles. The molecule has 0 saturated heterocycles. The monoisotopic (exact) mass is 240 g/mol. The number of hydrogen-bond donors (Lipinski definition) is 1. The van der Waals surface area contributed by atoms with Gasteiger partial charge in [0.2, 0.25) is 0 Å². The Morgan fingerprint density at radius 3 is 2.35 bits per heavy atom. The molecule has 0 spiro atoms. The van der Waals surface area contributed by atoms with E-state index in [2.05, 4.69) is 37.9 Å². The molecular weight excluding hydrogens is 208 g/mol. The highest BCUT2D eigenvalue weighted by atomic mass is 15.2. The normalized spacial score (nSPS) is 21.0. The summed E-state index contributed by atoms with van der Waals surface area (Å²) in [6.07, 6.45) is 6.93. The van der Waals surface area contributed by atoms with Gasteiger partial charge >= 0.3 is 0 Å². The third-order valence-electron chi connectivity index (χ3n) is 4.33. The fourth-order valence-corrected chi connectivity index (χ4v) is 2.75. The lowest BCUT2D eigenvalue weighted by atomic mass is 10.1. The summed E-state index contributed by atoms with van der Waals surface area (Å²) in [5, 5.41) is 3.75. The van der Waals surface area contributed by atoms with Crippen LogP contribution in [0.25, 0.3) is 0 Å². The average Bonchev–Trinajstić information content (AvgIpc) is 2.85. The van der Waals surface area contributed by atoms with Crippen molar-refractivity contribution in [1.29, 1.82) is 0 Å². The molecule has 1 rings (SSSR count). The molecule has 0 radical (unpaired) electrons. The molecule has 1 aliphatic rings. The van der Waals surface area contributed by atoms with E-state index in [-0.39, 0.29) is 0 Å². The van der Waals surface area contributed by atoms with E-state index in [9.17, 15) is 0 Å². The molecule has 1 saturated carbocycles. The summed E-state index contributed by atoms with van der Waals surface area (Å²) in [5.41, 5.74) is 0. The molecule has 0 aromatic carbocycles. The molecular formula is C15H32N2. The second kappa shape index (κ2) is 8.10. The van der Waals surface area contributed by atoms with Crippen molar-refractivity contribution in [2.75, 3.05) is 19.6 Å². The van der Waals surface area contributed by atoms with Gasteiger partial charge in [-0.1, -0.05) is 40.0 Å². The van der Waals surface area contributed by atoms with E-state index in [1.54, 1.807) is 0 Å². The molecule has 2 atom stereocenters. The Bertz CT molecular complexity index is 187. The van der Waals surface area contributed by atoms with Crippen molar-refractivity contribution in [1.82, 2.24) is 10.2 Å². The largest absolute Gasteiger partial charge is 0.312 e. The van der Waals surface area contributed by atoms with Gasteiger partial charge in [0.05, 0.1) is 0 Å². The fourth-order valence-electron chi connectivity index (χ4n) is 2.75. The van der Waals surface area contributed by atoms with Crippen molar-refractivity contribution < 1.29 is 0 Å². The van der Waals surface area contributed by atoms with Gasteiger partial charge in [0.25, 0.3) is 0 Å². The van der Waals surface area contributed by atoms with Crippen molar-refractivity contribution >= 4 is 0 Å². The van der Waals surface area contributed by atoms with E-state index < -0.39 is 0 Å². The van der Waals surface area contributed by atoms with Gasteiger partial charge < -0.3 is 5.32 Å². The molecule has 1 N–H and O–H groups in total. The molecule has 0 heterocycles. The predicted octanol–water partition coefficient (Wildman–Crippen LogP) is 3.28. The number of nitrogens with zero attached hydrogens (tertiary/aromatic N) is 1. The van der Waals surface area contributed by atoms with Gasteiger partial charge in [-0.25, -0.2) is 0 Å². The van der Waals surface area contributed by atoms with E-state index in [0.717, 1.165) is 18.5 Å². The lowest BCUT2D eigenvalue weighted by molar-refractivity contribution is 0.182. The van der Waals surface area contributed by atoms with E-state index in [0.29, 0.717) is 6.04 Å². The molecule has 17 heavy (non-hydrogen) atoms. The van der Waals surface area contributed by atoms with Crippen LogP contribution >= 0.6 is 0 Å². The summed E-state index contributed by atoms with van der Waals surface area (Å²) >= 11 is 0. The molecule has 0 aromatic rings.